The minimum absolute atomic E-state index is 0.0595. The number of ether oxygens (including phenoxy) is 1. The molecule has 0 radical (unpaired) electrons. The van der Waals surface area contributed by atoms with Gasteiger partial charge in [-0.3, -0.25) is 0 Å². The minimum Gasteiger partial charge on any atom is -0.373 e. The van der Waals surface area contributed by atoms with E-state index in [0.717, 1.165) is 29.3 Å². The molecule has 1 aromatic carbocycles. The zero-order valence-electron chi connectivity index (χ0n) is 12.3. The number of hydrogen-bond acceptors (Lipinski definition) is 4. The minimum atomic E-state index is -0.0595. The Balaban J connectivity index is 2.43. The van der Waals surface area contributed by atoms with Crippen molar-refractivity contribution in [3.63, 3.8) is 0 Å². The van der Waals surface area contributed by atoms with Gasteiger partial charge in [0.2, 0.25) is 0 Å². The largest absolute Gasteiger partial charge is 0.373 e. The molecule has 4 heteroatoms. The lowest BCUT2D eigenvalue weighted by atomic mass is 10.1. The van der Waals surface area contributed by atoms with E-state index in [1.807, 2.05) is 50.4 Å². The second-order valence-corrected chi connectivity index (χ2v) is 4.46. The molecule has 0 aliphatic carbocycles. The van der Waals surface area contributed by atoms with Crippen molar-refractivity contribution in [3.8, 4) is 11.3 Å². The van der Waals surface area contributed by atoms with Crippen LogP contribution in [0.3, 0.4) is 0 Å². The molecule has 0 aliphatic heterocycles. The highest BCUT2D eigenvalue weighted by molar-refractivity contribution is 5.62. The van der Waals surface area contributed by atoms with Crippen molar-refractivity contribution in [1.29, 1.82) is 0 Å². The molecular weight excluding hydrogens is 250 g/mol. The van der Waals surface area contributed by atoms with Gasteiger partial charge in [0.1, 0.15) is 11.9 Å². The molecule has 1 aromatic heterocycles. The van der Waals surface area contributed by atoms with Gasteiger partial charge in [0.15, 0.2) is 5.82 Å². The molecule has 0 saturated carbocycles. The van der Waals surface area contributed by atoms with Crippen molar-refractivity contribution < 1.29 is 4.74 Å². The van der Waals surface area contributed by atoms with Crippen molar-refractivity contribution in [3.05, 3.63) is 42.2 Å². The molecule has 0 amide bonds. The van der Waals surface area contributed by atoms with Gasteiger partial charge >= 0.3 is 0 Å². The topological polar surface area (TPSA) is 47.0 Å². The lowest BCUT2D eigenvalue weighted by Crippen LogP contribution is -2.10. The molecule has 0 bridgehead atoms. The molecule has 20 heavy (non-hydrogen) atoms. The van der Waals surface area contributed by atoms with Gasteiger partial charge in [-0.05, 0) is 13.3 Å². The Morgan fingerprint density at radius 3 is 2.50 bits per heavy atom. The molecule has 1 heterocycles. The van der Waals surface area contributed by atoms with Crippen molar-refractivity contribution in [2.75, 3.05) is 19.0 Å². The fourth-order valence-electron chi connectivity index (χ4n) is 2.07. The van der Waals surface area contributed by atoms with Crippen LogP contribution < -0.4 is 5.32 Å². The van der Waals surface area contributed by atoms with Crippen LogP contribution in [0.5, 0.6) is 0 Å². The number of nitrogens with one attached hydrogen (secondary N) is 1. The van der Waals surface area contributed by atoms with E-state index in [1.165, 1.54) is 0 Å². The van der Waals surface area contributed by atoms with Crippen molar-refractivity contribution in [1.82, 2.24) is 9.97 Å². The molecule has 0 saturated heterocycles. The van der Waals surface area contributed by atoms with E-state index in [1.54, 1.807) is 0 Å². The van der Waals surface area contributed by atoms with E-state index in [0.29, 0.717) is 6.61 Å². The third-order valence-electron chi connectivity index (χ3n) is 3.10. The van der Waals surface area contributed by atoms with Gasteiger partial charge in [-0.2, -0.15) is 0 Å². The first-order valence-electron chi connectivity index (χ1n) is 7.02. The van der Waals surface area contributed by atoms with Crippen LogP contribution in [0, 0.1) is 0 Å². The maximum absolute atomic E-state index is 5.71. The third kappa shape index (κ3) is 3.33. The highest BCUT2D eigenvalue weighted by Gasteiger charge is 2.15. The average molecular weight is 271 g/mol. The van der Waals surface area contributed by atoms with Crippen molar-refractivity contribution in [2.45, 2.75) is 26.4 Å². The summed E-state index contributed by atoms with van der Waals surface area (Å²) >= 11 is 0. The number of nitrogens with zero attached hydrogens (tertiary/aromatic N) is 2. The van der Waals surface area contributed by atoms with Gasteiger partial charge in [0.05, 0.1) is 5.69 Å². The first-order chi connectivity index (χ1) is 9.78. The van der Waals surface area contributed by atoms with Gasteiger partial charge in [0.25, 0.3) is 0 Å². The van der Waals surface area contributed by atoms with Crippen LogP contribution in [-0.4, -0.2) is 23.6 Å². The number of anilines is 1. The number of aromatic nitrogens is 2. The molecule has 2 rings (SSSR count). The number of benzene rings is 1. The Morgan fingerprint density at radius 1 is 1.15 bits per heavy atom. The van der Waals surface area contributed by atoms with Crippen LogP contribution in [-0.2, 0) is 4.74 Å². The average Bonchev–Trinajstić information content (AvgIpc) is 2.53. The SMILES string of the molecule is CCOC(CC)c1nc(NC)cc(-c2ccccc2)n1. The zero-order chi connectivity index (χ0) is 14.4. The van der Waals surface area contributed by atoms with Crippen LogP contribution >= 0.6 is 0 Å². The maximum atomic E-state index is 5.71. The van der Waals surface area contributed by atoms with Crippen LogP contribution in [0.1, 0.15) is 32.2 Å². The van der Waals surface area contributed by atoms with Crippen LogP contribution in [0.4, 0.5) is 5.82 Å². The van der Waals surface area contributed by atoms with Crippen LogP contribution in [0.25, 0.3) is 11.3 Å². The van der Waals surface area contributed by atoms with E-state index in [2.05, 4.69) is 22.2 Å². The Hall–Kier alpha value is -1.94. The van der Waals surface area contributed by atoms with Gasteiger partial charge in [-0.1, -0.05) is 37.3 Å². The summed E-state index contributed by atoms with van der Waals surface area (Å²) in [6, 6.07) is 12.1. The lowest BCUT2D eigenvalue weighted by Gasteiger charge is -2.15. The summed E-state index contributed by atoms with van der Waals surface area (Å²) in [6.45, 7) is 4.73. The third-order valence-corrected chi connectivity index (χ3v) is 3.10. The highest BCUT2D eigenvalue weighted by Crippen LogP contribution is 2.24. The Morgan fingerprint density at radius 2 is 1.90 bits per heavy atom. The zero-order valence-corrected chi connectivity index (χ0v) is 12.3. The molecule has 1 unspecified atom stereocenters. The summed E-state index contributed by atoms with van der Waals surface area (Å²) in [5.41, 5.74) is 2.00. The van der Waals surface area contributed by atoms with Crippen LogP contribution in [0.2, 0.25) is 0 Å². The Bertz CT molecular complexity index is 543. The maximum Gasteiger partial charge on any atom is 0.160 e. The molecule has 1 N–H and O–H groups in total. The normalized spacial score (nSPS) is 12.2. The lowest BCUT2D eigenvalue weighted by molar-refractivity contribution is 0.0536. The standard InChI is InChI=1S/C16H21N3O/c1-4-14(20-5-2)16-18-13(11-15(17-3)19-16)12-9-7-6-8-10-12/h6-11,14H,4-5H2,1-3H3,(H,17,18,19). The Kier molecular flexibility index (Phi) is 5.07. The summed E-state index contributed by atoms with van der Waals surface area (Å²) in [4.78, 5) is 9.19. The van der Waals surface area contributed by atoms with E-state index < -0.39 is 0 Å². The van der Waals surface area contributed by atoms with Gasteiger partial charge in [0, 0.05) is 25.3 Å². The summed E-state index contributed by atoms with van der Waals surface area (Å²) in [7, 11) is 1.86. The molecular formula is C16H21N3O. The molecule has 106 valence electrons. The quantitative estimate of drug-likeness (QED) is 0.870. The van der Waals surface area contributed by atoms with Crippen molar-refractivity contribution >= 4 is 5.82 Å². The molecule has 2 aromatic rings. The molecule has 0 spiro atoms. The monoisotopic (exact) mass is 271 g/mol. The highest BCUT2D eigenvalue weighted by atomic mass is 16.5. The summed E-state index contributed by atoms with van der Waals surface area (Å²) in [5, 5.41) is 3.09. The van der Waals surface area contributed by atoms with E-state index in [9.17, 15) is 0 Å². The first kappa shape index (κ1) is 14.5. The molecule has 4 nitrogen and oxygen atoms in total. The van der Waals surface area contributed by atoms with Crippen LogP contribution in [0.15, 0.2) is 36.4 Å². The predicted octanol–water partition coefficient (Wildman–Crippen LogP) is 3.67. The Labute approximate surface area is 120 Å². The molecule has 1 atom stereocenters. The summed E-state index contributed by atoms with van der Waals surface area (Å²) in [6.07, 6.45) is 0.797. The second kappa shape index (κ2) is 7.01. The summed E-state index contributed by atoms with van der Waals surface area (Å²) < 4.78 is 5.71. The van der Waals surface area contributed by atoms with Gasteiger partial charge < -0.3 is 10.1 Å². The first-order valence-corrected chi connectivity index (χ1v) is 7.02. The predicted molar refractivity (Wildman–Crippen MR) is 81.7 cm³/mol. The molecule has 0 fully saturated rings. The van der Waals surface area contributed by atoms with E-state index in [-0.39, 0.29) is 6.10 Å². The number of hydrogen-bond donors (Lipinski definition) is 1. The molecule has 0 aliphatic rings. The van der Waals surface area contributed by atoms with Gasteiger partial charge in [-0.15, -0.1) is 0 Å². The van der Waals surface area contributed by atoms with E-state index in [4.69, 9.17) is 4.74 Å². The fraction of sp³-hybridized carbons (Fsp3) is 0.375. The fourth-order valence-corrected chi connectivity index (χ4v) is 2.07. The van der Waals surface area contributed by atoms with Gasteiger partial charge in [-0.25, -0.2) is 9.97 Å². The smallest absolute Gasteiger partial charge is 0.160 e. The van der Waals surface area contributed by atoms with Crippen molar-refractivity contribution in [2.24, 2.45) is 0 Å². The second-order valence-electron chi connectivity index (χ2n) is 4.46. The summed E-state index contributed by atoms with van der Waals surface area (Å²) in [5.74, 6) is 1.55. The number of rotatable bonds is 6. The van der Waals surface area contributed by atoms with E-state index >= 15 is 0 Å².